The number of hydrogen-bond donors (Lipinski definition) is 1. The first kappa shape index (κ1) is 20.3. The second kappa shape index (κ2) is 9.16. The molecule has 0 unspecified atom stereocenters. The average molecular weight is 460 g/mol. The monoisotopic (exact) mass is 459 g/mol. The van der Waals surface area contributed by atoms with Crippen LogP contribution in [-0.2, 0) is 11.3 Å². The average Bonchev–Trinajstić information content (AvgIpc) is 3.00. The minimum Gasteiger partial charge on any atom is -0.351 e. The number of carbonyl (C=O) groups excluding carboxylic acids is 1. The number of benzene rings is 2. The van der Waals surface area contributed by atoms with Gasteiger partial charge in [-0.15, -0.1) is 5.10 Å². The first-order chi connectivity index (χ1) is 12.9. The maximum absolute atomic E-state index is 13.0. The van der Waals surface area contributed by atoms with Gasteiger partial charge in [-0.05, 0) is 54.2 Å². The number of thioether (sulfide) groups is 1. The van der Waals surface area contributed by atoms with E-state index in [2.05, 4.69) is 10.4 Å². The van der Waals surface area contributed by atoms with E-state index in [0.717, 1.165) is 5.56 Å². The van der Waals surface area contributed by atoms with Gasteiger partial charge in [0, 0.05) is 16.6 Å². The van der Waals surface area contributed by atoms with Crippen LogP contribution in [0.3, 0.4) is 0 Å². The van der Waals surface area contributed by atoms with Crippen LogP contribution in [-0.4, -0.2) is 21.4 Å². The van der Waals surface area contributed by atoms with Crippen molar-refractivity contribution in [3.05, 3.63) is 67.8 Å². The van der Waals surface area contributed by atoms with Gasteiger partial charge in [-0.3, -0.25) is 4.79 Å². The molecule has 0 aliphatic rings. The molecule has 0 aliphatic heterocycles. The first-order valence-corrected chi connectivity index (χ1v) is 10.6. The zero-order valence-electron chi connectivity index (χ0n) is 13.6. The smallest absolute Gasteiger partial charge is 0.230 e. The Morgan fingerprint density at radius 1 is 1.26 bits per heavy atom. The summed E-state index contributed by atoms with van der Waals surface area (Å²) in [6.07, 6.45) is 0. The van der Waals surface area contributed by atoms with E-state index in [1.807, 2.05) is 0 Å². The Balaban J connectivity index is 1.57. The zero-order valence-corrected chi connectivity index (χ0v) is 17.6. The molecule has 1 N–H and O–H groups in total. The standard InChI is InChI=1S/C17H12Cl2FN3OS3/c18-11-2-1-10(14(19)7-11)8-21-15(24)9-26-16-22-23(17(25)27-16)13-5-3-12(20)4-6-13/h1-7H,8-9H2,(H,21,24). The van der Waals surface area contributed by atoms with Crippen LogP contribution >= 0.6 is 58.5 Å². The second-order valence-electron chi connectivity index (χ2n) is 5.32. The van der Waals surface area contributed by atoms with Crippen LogP contribution in [0.2, 0.25) is 10.0 Å². The highest BCUT2D eigenvalue weighted by Gasteiger charge is 2.10. The van der Waals surface area contributed by atoms with Gasteiger partial charge >= 0.3 is 0 Å². The number of rotatable bonds is 6. The van der Waals surface area contributed by atoms with Crippen molar-refractivity contribution in [1.29, 1.82) is 0 Å². The van der Waals surface area contributed by atoms with E-state index in [1.165, 1.54) is 35.2 Å². The topological polar surface area (TPSA) is 46.9 Å². The normalized spacial score (nSPS) is 10.8. The Bertz CT molecular complexity index is 1020. The van der Waals surface area contributed by atoms with Crippen molar-refractivity contribution in [1.82, 2.24) is 15.1 Å². The molecule has 0 radical (unpaired) electrons. The fourth-order valence-electron chi connectivity index (χ4n) is 2.10. The predicted octanol–water partition coefficient (Wildman–Crippen LogP) is 5.52. The minimum atomic E-state index is -0.326. The molecule has 0 spiro atoms. The number of carbonyl (C=O) groups is 1. The van der Waals surface area contributed by atoms with E-state index in [9.17, 15) is 9.18 Å². The summed E-state index contributed by atoms with van der Waals surface area (Å²) in [5, 5.41) is 8.23. The summed E-state index contributed by atoms with van der Waals surface area (Å²) >= 11 is 19.8. The van der Waals surface area contributed by atoms with Gasteiger partial charge in [0.1, 0.15) is 5.82 Å². The van der Waals surface area contributed by atoms with Crippen LogP contribution < -0.4 is 5.32 Å². The number of aromatic nitrogens is 2. The first-order valence-electron chi connectivity index (χ1n) is 7.62. The summed E-state index contributed by atoms with van der Waals surface area (Å²) in [6, 6.07) is 11.0. The third-order valence-corrected chi connectivity index (χ3v) is 6.37. The summed E-state index contributed by atoms with van der Waals surface area (Å²) in [5.41, 5.74) is 1.46. The Morgan fingerprint density at radius 3 is 2.70 bits per heavy atom. The Morgan fingerprint density at radius 2 is 2.00 bits per heavy atom. The quantitative estimate of drug-likeness (QED) is 0.389. The van der Waals surface area contributed by atoms with Crippen LogP contribution in [0.5, 0.6) is 0 Å². The highest BCUT2D eigenvalue weighted by atomic mass is 35.5. The molecule has 3 aromatic rings. The van der Waals surface area contributed by atoms with Crippen LogP contribution in [0.15, 0.2) is 46.8 Å². The third kappa shape index (κ3) is 5.52. The molecule has 0 fully saturated rings. The Kier molecular flexibility index (Phi) is 6.88. The van der Waals surface area contributed by atoms with Crippen LogP contribution in [0, 0.1) is 9.77 Å². The van der Waals surface area contributed by atoms with Gasteiger partial charge in [0.05, 0.1) is 11.4 Å². The molecule has 1 aromatic heterocycles. The summed E-state index contributed by atoms with van der Waals surface area (Å²) < 4.78 is 15.8. The number of nitrogens with zero attached hydrogens (tertiary/aromatic N) is 2. The summed E-state index contributed by atoms with van der Waals surface area (Å²) in [4.78, 5) is 12.1. The molecule has 2 aromatic carbocycles. The van der Waals surface area contributed by atoms with Gasteiger partial charge < -0.3 is 5.32 Å². The molecule has 3 rings (SSSR count). The maximum Gasteiger partial charge on any atom is 0.230 e. The molecule has 1 amide bonds. The molecule has 0 saturated heterocycles. The molecule has 0 bridgehead atoms. The van der Waals surface area contributed by atoms with Crippen molar-refractivity contribution in [2.75, 3.05) is 5.75 Å². The van der Waals surface area contributed by atoms with E-state index in [4.69, 9.17) is 35.4 Å². The summed E-state index contributed by atoms with van der Waals surface area (Å²) in [7, 11) is 0. The number of amides is 1. The fourth-order valence-corrected chi connectivity index (χ4v) is 4.77. The fraction of sp³-hybridized carbons (Fsp3) is 0.118. The molecule has 10 heteroatoms. The highest BCUT2D eigenvalue weighted by Crippen LogP contribution is 2.24. The van der Waals surface area contributed by atoms with Crippen LogP contribution in [0.4, 0.5) is 4.39 Å². The van der Waals surface area contributed by atoms with E-state index in [0.29, 0.717) is 30.6 Å². The number of halogens is 3. The lowest BCUT2D eigenvalue weighted by molar-refractivity contribution is -0.118. The lowest BCUT2D eigenvalue weighted by Crippen LogP contribution is -2.24. The molecule has 4 nitrogen and oxygen atoms in total. The van der Waals surface area contributed by atoms with Gasteiger partial charge in [-0.1, -0.05) is 52.4 Å². The molecular weight excluding hydrogens is 448 g/mol. The van der Waals surface area contributed by atoms with Gasteiger partial charge in [-0.2, -0.15) is 0 Å². The van der Waals surface area contributed by atoms with Crippen molar-refractivity contribution in [2.45, 2.75) is 10.9 Å². The van der Waals surface area contributed by atoms with Crippen molar-refractivity contribution >= 4 is 64.4 Å². The SMILES string of the molecule is O=C(CSc1nn(-c2ccc(F)cc2)c(=S)s1)NCc1ccc(Cl)cc1Cl. The van der Waals surface area contributed by atoms with E-state index in [-0.39, 0.29) is 17.5 Å². The molecule has 27 heavy (non-hydrogen) atoms. The highest BCUT2D eigenvalue weighted by molar-refractivity contribution is 8.01. The summed E-state index contributed by atoms with van der Waals surface area (Å²) in [5.74, 6) is -0.287. The maximum atomic E-state index is 13.0. The van der Waals surface area contributed by atoms with Crippen LogP contribution in [0.25, 0.3) is 5.69 Å². The molecule has 140 valence electrons. The van der Waals surface area contributed by atoms with E-state index in [1.54, 1.807) is 35.0 Å². The lowest BCUT2D eigenvalue weighted by Gasteiger charge is -2.06. The van der Waals surface area contributed by atoms with Crippen molar-refractivity contribution in [2.24, 2.45) is 0 Å². The predicted molar refractivity (Wildman–Crippen MR) is 111 cm³/mol. The van der Waals surface area contributed by atoms with E-state index < -0.39 is 0 Å². The largest absolute Gasteiger partial charge is 0.351 e. The number of hydrogen-bond acceptors (Lipinski definition) is 5. The minimum absolute atomic E-state index is 0.152. The van der Waals surface area contributed by atoms with E-state index >= 15 is 0 Å². The third-order valence-electron chi connectivity index (χ3n) is 3.42. The Labute approximate surface area is 178 Å². The molecule has 0 saturated carbocycles. The molecular formula is C17H12Cl2FN3OS3. The van der Waals surface area contributed by atoms with Crippen molar-refractivity contribution in [3.8, 4) is 5.69 Å². The lowest BCUT2D eigenvalue weighted by atomic mass is 10.2. The molecule has 0 atom stereocenters. The zero-order chi connectivity index (χ0) is 19.4. The number of nitrogens with one attached hydrogen (secondary N) is 1. The van der Waals surface area contributed by atoms with Gasteiger partial charge in [0.15, 0.2) is 8.29 Å². The van der Waals surface area contributed by atoms with Crippen molar-refractivity contribution in [3.63, 3.8) is 0 Å². The Hall–Kier alpha value is -1.45. The summed E-state index contributed by atoms with van der Waals surface area (Å²) in [6.45, 7) is 0.315. The van der Waals surface area contributed by atoms with Gasteiger partial charge in [0.25, 0.3) is 0 Å². The van der Waals surface area contributed by atoms with Gasteiger partial charge in [-0.25, -0.2) is 9.07 Å². The van der Waals surface area contributed by atoms with Gasteiger partial charge in [0.2, 0.25) is 5.91 Å². The van der Waals surface area contributed by atoms with Crippen LogP contribution in [0.1, 0.15) is 5.56 Å². The second-order valence-corrected chi connectivity index (χ2v) is 9.01. The van der Waals surface area contributed by atoms with Crippen molar-refractivity contribution < 1.29 is 9.18 Å². The molecule has 0 aliphatic carbocycles. The molecule has 1 heterocycles.